The summed E-state index contributed by atoms with van der Waals surface area (Å²) < 4.78 is 18.4. The number of hydrogen-bond donors (Lipinski definition) is 0. The van der Waals surface area contributed by atoms with Gasteiger partial charge in [-0.15, -0.1) is 0 Å². The van der Waals surface area contributed by atoms with Crippen LogP contribution in [0.4, 0.5) is 0 Å². The van der Waals surface area contributed by atoms with Gasteiger partial charge in [-0.2, -0.15) is 5.10 Å². The van der Waals surface area contributed by atoms with E-state index in [1.807, 2.05) is 73.3 Å². The van der Waals surface area contributed by atoms with Crippen LogP contribution >= 0.6 is 0 Å². The van der Waals surface area contributed by atoms with Crippen molar-refractivity contribution >= 4 is 5.91 Å². The van der Waals surface area contributed by atoms with Crippen molar-refractivity contribution in [3.8, 4) is 28.4 Å². The molecule has 0 radical (unpaired) electrons. The molecule has 4 rings (SSSR count). The zero-order valence-electron chi connectivity index (χ0n) is 18.2. The first-order valence-electron chi connectivity index (χ1n) is 10.3. The SMILES string of the molecule is COc1ccc(-c2cc(C(=O)N3C[C@H](C)O[C@@H](C)C3)n(-c3ccccc3)n2)c(OC)c1. The number of aromatic nitrogens is 2. The third-order valence-electron chi connectivity index (χ3n) is 5.32. The Morgan fingerprint density at radius 1 is 1.00 bits per heavy atom. The summed E-state index contributed by atoms with van der Waals surface area (Å²) in [5, 5.41) is 4.79. The van der Waals surface area contributed by atoms with Crippen LogP contribution in [0.5, 0.6) is 11.5 Å². The number of nitrogens with zero attached hydrogens (tertiary/aromatic N) is 3. The van der Waals surface area contributed by atoms with Gasteiger partial charge in [0.15, 0.2) is 0 Å². The Bertz CT molecular complexity index is 1050. The van der Waals surface area contributed by atoms with Gasteiger partial charge in [0.1, 0.15) is 17.2 Å². The first kappa shape index (κ1) is 20.9. The largest absolute Gasteiger partial charge is 0.497 e. The van der Waals surface area contributed by atoms with E-state index in [0.717, 1.165) is 11.3 Å². The van der Waals surface area contributed by atoms with Gasteiger partial charge in [-0.1, -0.05) is 18.2 Å². The van der Waals surface area contributed by atoms with E-state index in [-0.39, 0.29) is 18.1 Å². The van der Waals surface area contributed by atoms with E-state index in [9.17, 15) is 4.79 Å². The molecular weight excluding hydrogens is 394 g/mol. The number of carbonyl (C=O) groups is 1. The van der Waals surface area contributed by atoms with Gasteiger partial charge in [-0.05, 0) is 44.2 Å². The number of carbonyl (C=O) groups excluding carboxylic acids is 1. The third-order valence-corrected chi connectivity index (χ3v) is 5.32. The van der Waals surface area contributed by atoms with Crippen molar-refractivity contribution in [3.05, 3.63) is 60.3 Å². The summed E-state index contributed by atoms with van der Waals surface area (Å²) in [6.07, 6.45) is -0.0242. The van der Waals surface area contributed by atoms with Crippen LogP contribution in [-0.4, -0.2) is 60.1 Å². The van der Waals surface area contributed by atoms with Gasteiger partial charge < -0.3 is 19.1 Å². The van der Waals surface area contributed by atoms with Crippen molar-refractivity contribution in [2.24, 2.45) is 0 Å². The highest BCUT2D eigenvalue weighted by atomic mass is 16.5. The molecule has 2 aromatic carbocycles. The highest BCUT2D eigenvalue weighted by molar-refractivity contribution is 5.94. The van der Waals surface area contributed by atoms with Gasteiger partial charge in [0, 0.05) is 24.7 Å². The summed E-state index contributed by atoms with van der Waals surface area (Å²) in [6.45, 7) is 5.06. The Labute approximate surface area is 182 Å². The van der Waals surface area contributed by atoms with Crippen molar-refractivity contribution in [2.75, 3.05) is 27.3 Å². The lowest BCUT2D eigenvalue weighted by Gasteiger charge is -2.35. The van der Waals surface area contributed by atoms with Crippen LogP contribution in [0.3, 0.4) is 0 Å². The second-order valence-corrected chi connectivity index (χ2v) is 7.70. The van der Waals surface area contributed by atoms with E-state index >= 15 is 0 Å². The summed E-state index contributed by atoms with van der Waals surface area (Å²) in [5.74, 6) is 1.25. The van der Waals surface area contributed by atoms with Crippen molar-refractivity contribution in [2.45, 2.75) is 26.1 Å². The maximum atomic E-state index is 13.5. The number of methoxy groups -OCH3 is 2. The molecule has 162 valence electrons. The zero-order chi connectivity index (χ0) is 22.0. The fraction of sp³-hybridized carbons (Fsp3) is 0.333. The molecule has 0 bridgehead atoms. The lowest BCUT2D eigenvalue weighted by atomic mass is 10.1. The molecular formula is C24H27N3O4. The van der Waals surface area contributed by atoms with Crippen molar-refractivity contribution < 1.29 is 19.0 Å². The molecule has 0 saturated carbocycles. The second kappa shape index (κ2) is 8.81. The lowest BCUT2D eigenvalue weighted by molar-refractivity contribution is -0.0588. The van der Waals surface area contributed by atoms with Crippen molar-refractivity contribution in [1.29, 1.82) is 0 Å². The number of rotatable bonds is 5. The van der Waals surface area contributed by atoms with E-state index in [1.165, 1.54) is 0 Å². The van der Waals surface area contributed by atoms with E-state index in [2.05, 4.69) is 0 Å². The minimum absolute atomic E-state index is 0.0121. The normalized spacial score (nSPS) is 18.6. The molecule has 0 aliphatic carbocycles. The van der Waals surface area contributed by atoms with Crippen LogP contribution in [0, 0.1) is 0 Å². The first-order valence-corrected chi connectivity index (χ1v) is 10.3. The van der Waals surface area contributed by atoms with Crippen LogP contribution in [0.1, 0.15) is 24.3 Å². The van der Waals surface area contributed by atoms with Gasteiger partial charge in [0.2, 0.25) is 0 Å². The maximum Gasteiger partial charge on any atom is 0.272 e. The summed E-state index contributed by atoms with van der Waals surface area (Å²) in [5.41, 5.74) is 2.76. The van der Waals surface area contributed by atoms with Gasteiger partial charge in [0.25, 0.3) is 5.91 Å². The van der Waals surface area contributed by atoms with E-state index in [1.54, 1.807) is 18.9 Å². The standard InChI is InChI=1S/C24H27N3O4/c1-16-14-26(15-17(2)31-16)24(28)22-13-21(25-27(22)18-8-6-5-7-9-18)20-11-10-19(29-3)12-23(20)30-4/h5-13,16-17H,14-15H2,1-4H3/t16-,17-/m0/s1. The molecule has 31 heavy (non-hydrogen) atoms. The zero-order valence-corrected chi connectivity index (χ0v) is 18.2. The van der Waals surface area contributed by atoms with Gasteiger partial charge in [0.05, 0.1) is 37.8 Å². The summed E-state index contributed by atoms with van der Waals surface area (Å²) in [7, 11) is 3.22. The fourth-order valence-corrected chi connectivity index (χ4v) is 3.95. The van der Waals surface area contributed by atoms with Gasteiger partial charge in [-0.3, -0.25) is 4.79 Å². The van der Waals surface area contributed by atoms with Crippen LogP contribution in [0.2, 0.25) is 0 Å². The second-order valence-electron chi connectivity index (χ2n) is 7.70. The van der Waals surface area contributed by atoms with Crippen molar-refractivity contribution in [3.63, 3.8) is 0 Å². The molecule has 1 fully saturated rings. The van der Waals surface area contributed by atoms with Gasteiger partial charge in [-0.25, -0.2) is 4.68 Å². The summed E-state index contributed by atoms with van der Waals surface area (Å²) in [6, 6.07) is 17.0. The topological polar surface area (TPSA) is 65.8 Å². The monoisotopic (exact) mass is 421 g/mol. The molecule has 0 unspecified atom stereocenters. The molecule has 3 aromatic rings. The minimum Gasteiger partial charge on any atom is -0.497 e. The number of para-hydroxylation sites is 1. The van der Waals surface area contributed by atoms with Crippen LogP contribution < -0.4 is 9.47 Å². The molecule has 1 aliphatic heterocycles. The van der Waals surface area contributed by atoms with Gasteiger partial charge >= 0.3 is 0 Å². The number of hydrogen-bond acceptors (Lipinski definition) is 5. The molecule has 0 spiro atoms. The smallest absolute Gasteiger partial charge is 0.272 e. The minimum atomic E-state index is -0.0721. The van der Waals surface area contributed by atoms with E-state index < -0.39 is 0 Å². The molecule has 0 N–H and O–H groups in total. The Morgan fingerprint density at radius 2 is 1.71 bits per heavy atom. The number of amides is 1. The predicted octanol–water partition coefficient (Wildman–Crippen LogP) is 3.81. The lowest BCUT2D eigenvalue weighted by Crippen LogP contribution is -2.48. The van der Waals surface area contributed by atoms with Crippen LogP contribution in [0.15, 0.2) is 54.6 Å². The summed E-state index contributed by atoms with van der Waals surface area (Å²) >= 11 is 0. The quantitative estimate of drug-likeness (QED) is 0.627. The number of benzene rings is 2. The molecule has 2 atom stereocenters. The Morgan fingerprint density at radius 3 is 2.35 bits per heavy atom. The predicted molar refractivity (Wildman–Crippen MR) is 118 cm³/mol. The fourth-order valence-electron chi connectivity index (χ4n) is 3.95. The average molecular weight is 421 g/mol. The molecule has 1 aliphatic rings. The Kier molecular flexibility index (Phi) is 5.95. The highest BCUT2D eigenvalue weighted by Gasteiger charge is 2.29. The molecule has 1 amide bonds. The van der Waals surface area contributed by atoms with E-state index in [4.69, 9.17) is 19.3 Å². The Hall–Kier alpha value is -3.32. The number of morpholine rings is 1. The summed E-state index contributed by atoms with van der Waals surface area (Å²) in [4.78, 5) is 15.4. The van der Waals surface area contributed by atoms with E-state index in [0.29, 0.717) is 36.0 Å². The average Bonchev–Trinajstić information content (AvgIpc) is 3.23. The highest BCUT2D eigenvalue weighted by Crippen LogP contribution is 2.34. The molecule has 7 nitrogen and oxygen atoms in total. The number of ether oxygens (including phenoxy) is 3. The van der Waals surface area contributed by atoms with Crippen molar-refractivity contribution in [1.82, 2.24) is 14.7 Å². The molecule has 2 heterocycles. The Balaban J connectivity index is 1.80. The maximum absolute atomic E-state index is 13.5. The molecule has 1 aromatic heterocycles. The molecule has 1 saturated heterocycles. The third kappa shape index (κ3) is 4.27. The molecule has 7 heteroatoms. The van der Waals surface area contributed by atoms with Crippen LogP contribution in [0.25, 0.3) is 16.9 Å². The van der Waals surface area contributed by atoms with Crippen LogP contribution in [-0.2, 0) is 4.74 Å². The first-order chi connectivity index (χ1) is 15.0.